The summed E-state index contributed by atoms with van der Waals surface area (Å²) in [4.78, 5) is 12.2. The number of rotatable bonds is 5. The number of nitrogens with one attached hydrogen (secondary N) is 2. The summed E-state index contributed by atoms with van der Waals surface area (Å²) in [5.41, 5.74) is 5.39. The predicted octanol–water partition coefficient (Wildman–Crippen LogP) is 2.58. The van der Waals surface area contributed by atoms with Crippen LogP contribution in [0, 0.1) is 0 Å². The molecule has 8 heteroatoms. The highest BCUT2D eigenvalue weighted by molar-refractivity contribution is 5.96. The van der Waals surface area contributed by atoms with E-state index in [9.17, 15) is 4.79 Å². The van der Waals surface area contributed by atoms with E-state index >= 15 is 0 Å². The molecule has 0 saturated heterocycles. The molecule has 0 atom stereocenters. The fraction of sp³-hybridized carbons (Fsp3) is 0.105. The summed E-state index contributed by atoms with van der Waals surface area (Å²) >= 11 is 0. The van der Waals surface area contributed by atoms with Crippen molar-refractivity contribution in [2.75, 3.05) is 13.9 Å². The third-order valence-electron chi connectivity index (χ3n) is 4.05. The number of hydrogen-bond acceptors (Lipinski definition) is 6. The second-order valence-electron chi connectivity index (χ2n) is 5.70. The number of carbonyl (C=O) groups is 1. The number of ether oxygens (including phenoxy) is 3. The Kier molecular flexibility index (Phi) is 4.44. The van der Waals surface area contributed by atoms with Crippen LogP contribution >= 0.6 is 0 Å². The van der Waals surface area contributed by atoms with Crippen molar-refractivity contribution < 1.29 is 19.0 Å². The number of hydrogen-bond donors (Lipinski definition) is 2. The van der Waals surface area contributed by atoms with Crippen molar-refractivity contribution in [2.45, 2.75) is 0 Å². The predicted molar refractivity (Wildman–Crippen MR) is 98.2 cm³/mol. The first-order valence-corrected chi connectivity index (χ1v) is 8.15. The van der Waals surface area contributed by atoms with E-state index in [0.29, 0.717) is 17.1 Å². The average molecular weight is 364 g/mol. The van der Waals surface area contributed by atoms with Crippen LogP contribution in [0.3, 0.4) is 0 Å². The molecule has 0 radical (unpaired) electrons. The van der Waals surface area contributed by atoms with Gasteiger partial charge >= 0.3 is 0 Å². The third-order valence-corrected chi connectivity index (χ3v) is 4.05. The van der Waals surface area contributed by atoms with Gasteiger partial charge in [0.2, 0.25) is 6.79 Å². The SMILES string of the molecule is COc1ccc(-c2[nH]ncc2C=NNC(=O)c2ccc3c(c2)OCO3)cc1. The van der Waals surface area contributed by atoms with Crippen LogP contribution in [0.25, 0.3) is 11.3 Å². The largest absolute Gasteiger partial charge is 0.497 e. The van der Waals surface area contributed by atoms with E-state index in [0.717, 1.165) is 22.6 Å². The maximum atomic E-state index is 12.2. The Labute approximate surface area is 154 Å². The third kappa shape index (κ3) is 3.45. The van der Waals surface area contributed by atoms with E-state index < -0.39 is 0 Å². The lowest BCUT2D eigenvalue weighted by molar-refractivity contribution is 0.0954. The van der Waals surface area contributed by atoms with E-state index in [2.05, 4.69) is 20.7 Å². The molecular formula is C19H16N4O4. The summed E-state index contributed by atoms with van der Waals surface area (Å²) in [6.07, 6.45) is 3.17. The van der Waals surface area contributed by atoms with Crippen molar-refractivity contribution in [3.8, 4) is 28.5 Å². The van der Waals surface area contributed by atoms with Gasteiger partial charge in [-0.15, -0.1) is 0 Å². The first-order valence-electron chi connectivity index (χ1n) is 8.15. The zero-order valence-electron chi connectivity index (χ0n) is 14.4. The van der Waals surface area contributed by atoms with Crippen molar-refractivity contribution >= 4 is 12.1 Å². The van der Waals surface area contributed by atoms with Crippen LogP contribution in [-0.4, -0.2) is 36.2 Å². The van der Waals surface area contributed by atoms with Crippen LogP contribution in [0.1, 0.15) is 15.9 Å². The number of nitrogens with zero attached hydrogens (tertiary/aromatic N) is 2. The van der Waals surface area contributed by atoms with Gasteiger partial charge in [0, 0.05) is 16.7 Å². The van der Waals surface area contributed by atoms with Gasteiger partial charge in [-0.25, -0.2) is 5.43 Å². The molecule has 1 aliphatic heterocycles. The molecule has 0 bridgehead atoms. The van der Waals surface area contributed by atoms with Crippen LogP contribution < -0.4 is 19.6 Å². The van der Waals surface area contributed by atoms with Gasteiger partial charge in [0.25, 0.3) is 5.91 Å². The molecule has 1 aromatic heterocycles. The van der Waals surface area contributed by atoms with E-state index in [1.807, 2.05) is 24.3 Å². The Morgan fingerprint density at radius 3 is 2.85 bits per heavy atom. The van der Waals surface area contributed by atoms with Gasteiger partial charge in [-0.2, -0.15) is 10.2 Å². The quantitative estimate of drug-likeness (QED) is 0.536. The summed E-state index contributed by atoms with van der Waals surface area (Å²) in [5, 5.41) is 11.0. The van der Waals surface area contributed by atoms with Gasteiger partial charge in [0.05, 0.1) is 25.2 Å². The topological polar surface area (TPSA) is 97.8 Å². The first kappa shape index (κ1) is 16.6. The Balaban J connectivity index is 1.46. The van der Waals surface area contributed by atoms with Crippen LogP contribution in [0.15, 0.2) is 53.8 Å². The monoisotopic (exact) mass is 364 g/mol. The lowest BCUT2D eigenvalue weighted by atomic mass is 10.1. The molecule has 27 heavy (non-hydrogen) atoms. The second kappa shape index (κ2) is 7.20. The zero-order valence-corrected chi connectivity index (χ0v) is 14.4. The molecule has 0 saturated carbocycles. The van der Waals surface area contributed by atoms with Gasteiger partial charge < -0.3 is 14.2 Å². The highest BCUT2D eigenvalue weighted by Gasteiger charge is 2.16. The summed E-state index contributed by atoms with van der Waals surface area (Å²) in [7, 11) is 1.62. The Morgan fingerprint density at radius 1 is 1.22 bits per heavy atom. The number of hydrazone groups is 1. The number of fused-ring (bicyclic) bond motifs is 1. The lowest BCUT2D eigenvalue weighted by Gasteiger charge is -2.03. The Bertz CT molecular complexity index is 995. The second-order valence-corrected chi connectivity index (χ2v) is 5.70. The highest BCUT2D eigenvalue weighted by Crippen LogP contribution is 2.32. The van der Waals surface area contributed by atoms with E-state index in [4.69, 9.17) is 14.2 Å². The fourth-order valence-corrected chi connectivity index (χ4v) is 2.65. The summed E-state index contributed by atoms with van der Waals surface area (Å²) in [6.45, 7) is 0.160. The van der Waals surface area contributed by atoms with E-state index in [1.54, 1.807) is 31.5 Å². The molecule has 4 rings (SSSR count). The number of H-pyrrole nitrogens is 1. The zero-order chi connectivity index (χ0) is 18.6. The summed E-state index contributed by atoms with van der Waals surface area (Å²) < 4.78 is 15.7. The number of methoxy groups -OCH3 is 1. The van der Waals surface area contributed by atoms with Gasteiger partial charge in [-0.3, -0.25) is 9.89 Å². The molecule has 1 amide bonds. The summed E-state index contributed by atoms with van der Waals surface area (Å²) in [6, 6.07) is 12.5. The highest BCUT2D eigenvalue weighted by atomic mass is 16.7. The number of amides is 1. The van der Waals surface area contributed by atoms with Crippen LogP contribution in [0.2, 0.25) is 0 Å². The number of carbonyl (C=O) groups excluding carboxylic acids is 1. The van der Waals surface area contributed by atoms with Crippen LogP contribution in [0.4, 0.5) is 0 Å². The molecule has 2 aromatic carbocycles. The molecule has 8 nitrogen and oxygen atoms in total. The maximum Gasteiger partial charge on any atom is 0.271 e. The maximum absolute atomic E-state index is 12.2. The summed E-state index contributed by atoms with van der Waals surface area (Å²) in [5.74, 6) is 1.59. The number of aromatic amines is 1. The van der Waals surface area contributed by atoms with Crippen molar-refractivity contribution in [3.63, 3.8) is 0 Å². The Morgan fingerprint density at radius 2 is 2.04 bits per heavy atom. The minimum Gasteiger partial charge on any atom is -0.497 e. The van der Waals surface area contributed by atoms with E-state index in [1.165, 1.54) is 6.21 Å². The molecule has 136 valence electrons. The Hall–Kier alpha value is -3.81. The van der Waals surface area contributed by atoms with Gasteiger partial charge in [0.1, 0.15) is 5.75 Å². The molecule has 1 aliphatic rings. The number of aromatic nitrogens is 2. The smallest absolute Gasteiger partial charge is 0.271 e. The lowest BCUT2D eigenvalue weighted by Crippen LogP contribution is -2.17. The molecule has 2 heterocycles. The minimum atomic E-state index is -0.348. The first-order chi connectivity index (χ1) is 13.2. The molecule has 0 aliphatic carbocycles. The molecular weight excluding hydrogens is 348 g/mol. The van der Waals surface area contributed by atoms with Crippen LogP contribution in [0.5, 0.6) is 17.2 Å². The van der Waals surface area contributed by atoms with Crippen molar-refractivity contribution in [3.05, 3.63) is 59.8 Å². The fourth-order valence-electron chi connectivity index (χ4n) is 2.65. The molecule has 2 N–H and O–H groups in total. The molecule has 0 unspecified atom stereocenters. The molecule has 0 spiro atoms. The van der Waals surface area contributed by atoms with Crippen molar-refractivity contribution in [2.24, 2.45) is 5.10 Å². The van der Waals surface area contributed by atoms with Gasteiger partial charge in [-0.05, 0) is 42.5 Å². The van der Waals surface area contributed by atoms with Crippen LogP contribution in [-0.2, 0) is 0 Å². The standard InChI is InChI=1S/C19H16N4O4/c1-25-15-5-2-12(3-6-15)18-14(9-20-22-18)10-21-23-19(24)13-4-7-16-17(8-13)27-11-26-16/h2-10H,11H2,1H3,(H,20,22)(H,23,24). The van der Waals surface area contributed by atoms with Gasteiger partial charge in [-0.1, -0.05) is 0 Å². The minimum absolute atomic E-state index is 0.160. The molecule has 0 fully saturated rings. The average Bonchev–Trinajstić information content (AvgIpc) is 3.36. The van der Waals surface area contributed by atoms with Crippen molar-refractivity contribution in [1.82, 2.24) is 15.6 Å². The van der Waals surface area contributed by atoms with Gasteiger partial charge in [0.15, 0.2) is 11.5 Å². The molecule has 3 aromatic rings. The number of benzene rings is 2. The normalized spacial score (nSPS) is 12.3. The van der Waals surface area contributed by atoms with Crippen molar-refractivity contribution in [1.29, 1.82) is 0 Å². The van der Waals surface area contributed by atoms with E-state index in [-0.39, 0.29) is 12.7 Å².